The fraction of sp³-hybridized carbons (Fsp3) is 0.300. The molecule has 0 N–H and O–H groups in total. The van der Waals surface area contributed by atoms with Gasteiger partial charge in [-0.15, -0.1) is 0 Å². The lowest BCUT2D eigenvalue weighted by Gasteiger charge is -2.22. The summed E-state index contributed by atoms with van der Waals surface area (Å²) in [4.78, 5) is 28.7. The molecule has 1 amide bonds. The molecule has 1 heterocycles. The smallest absolute Gasteiger partial charge is 0.338 e. The van der Waals surface area contributed by atoms with Crippen LogP contribution in [-0.4, -0.2) is 38.6 Å². The molecule has 5 nitrogen and oxygen atoms in total. The Bertz CT molecular complexity index is 801. The lowest BCUT2D eigenvalue weighted by Crippen LogP contribution is -2.39. The highest BCUT2D eigenvalue weighted by molar-refractivity contribution is 6.00. The third kappa shape index (κ3) is 3.50. The van der Waals surface area contributed by atoms with Crippen LogP contribution >= 0.6 is 0 Å². The minimum Gasteiger partial charge on any atom is -0.449 e. The molecule has 0 aliphatic carbocycles. The van der Waals surface area contributed by atoms with Crippen LogP contribution in [0, 0.1) is 0 Å². The lowest BCUT2D eigenvalue weighted by atomic mass is 10.2. The molecule has 130 valence electrons. The molecule has 0 saturated carbocycles. The van der Waals surface area contributed by atoms with E-state index in [4.69, 9.17) is 4.74 Å². The van der Waals surface area contributed by atoms with E-state index in [9.17, 15) is 9.59 Å². The number of amides is 1. The van der Waals surface area contributed by atoms with Gasteiger partial charge in [0.05, 0.1) is 5.56 Å². The van der Waals surface area contributed by atoms with Crippen LogP contribution in [0.4, 0.5) is 11.4 Å². The van der Waals surface area contributed by atoms with Crippen molar-refractivity contribution in [2.45, 2.75) is 19.4 Å². The molecule has 1 unspecified atom stereocenters. The van der Waals surface area contributed by atoms with E-state index in [2.05, 4.69) is 0 Å². The van der Waals surface area contributed by atoms with Crippen molar-refractivity contribution in [2.24, 2.45) is 0 Å². The molecule has 0 bridgehead atoms. The summed E-state index contributed by atoms with van der Waals surface area (Å²) in [6.07, 6.45) is -0.00494. The molecule has 25 heavy (non-hydrogen) atoms. The SMILES string of the molecule is CC(OC(=O)c1cccc(N(C)C)c1)C(=O)N1CCc2ccccc21. The Morgan fingerprint density at radius 3 is 2.64 bits per heavy atom. The number of hydrogen-bond acceptors (Lipinski definition) is 4. The summed E-state index contributed by atoms with van der Waals surface area (Å²) in [5.41, 5.74) is 3.40. The maximum absolute atomic E-state index is 12.7. The predicted octanol–water partition coefficient (Wildman–Crippen LogP) is 2.89. The number of rotatable bonds is 4. The van der Waals surface area contributed by atoms with Crippen LogP contribution in [0.3, 0.4) is 0 Å². The molecule has 2 aromatic rings. The summed E-state index contributed by atoms with van der Waals surface area (Å²) in [7, 11) is 3.81. The van der Waals surface area contributed by atoms with Crippen LogP contribution in [0.2, 0.25) is 0 Å². The average Bonchev–Trinajstić information content (AvgIpc) is 3.05. The predicted molar refractivity (Wildman–Crippen MR) is 98.1 cm³/mol. The molecule has 3 rings (SSSR count). The van der Waals surface area contributed by atoms with Gasteiger partial charge in [-0.05, 0) is 43.2 Å². The Morgan fingerprint density at radius 2 is 1.88 bits per heavy atom. The first-order valence-corrected chi connectivity index (χ1v) is 8.35. The largest absolute Gasteiger partial charge is 0.449 e. The Morgan fingerprint density at radius 1 is 1.12 bits per heavy atom. The second-order valence-electron chi connectivity index (χ2n) is 6.36. The van der Waals surface area contributed by atoms with E-state index in [1.807, 2.05) is 49.3 Å². The number of carbonyl (C=O) groups excluding carboxylic acids is 2. The molecule has 0 fully saturated rings. The van der Waals surface area contributed by atoms with Crippen molar-refractivity contribution in [1.29, 1.82) is 0 Å². The van der Waals surface area contributed by atoms with Gasteiger partial charge >= 0.3 is 5.97 Å². The minimum absolute atomic E-state index is 0.193. The van der Waals surface area contributed by atoms with Crippen molar-refractivity contribution in [1.82, 2.24) is 0 Å². The van der Waals surface area contributed by atoms with Crippen LogP contribution in [0.25, 0.3) is 0 Å². The van der Waals surface area contributed by atoms with Crippen LogP contribution in [0.15, 0.2) is 48.5 Å². The maximum atomic E-state index is 12.7. The molecule has 5 heteroatoms. The van der Waals surface area contributed by atoms with Gasteiger partial charge in [-0.1, -0.05) is 24.3 Å². The van der Waals surface area contributed by atoms with Crippen LogP contribution in [0.5, 0.6) is 0 Å². The molecule has 1 aliphatic heterocycles. The number of esters is 1. The number of anilines is 2. The Kier molecular flexibility index (Phi) is 4.74. The molecule has 0 radical (unpaired) electrons. The molecule has 0 aromatic heterocycles. The zero-order valence-corrected chi connectivity index (χ0v) is 14.7. The van der Waals surface area contributed by atoms with Gasteiger partial charge in [0.2, 0.25) is 0 Å². The summed E-state index contributed by atoms with van der Waals surface area (Å²) in [6.45, 7) is 2.24. The molecular formula is C20H22N2O3. The van der Waals surface area contributed by atoms with Crippen molar-refractivity contribution in [3.8, 4) is 0 Å². The van der Waals surface area contributed by atoms with E-state index >= 15 is 0 Å². The Labute approximate surface area is 147 Å². The number of benzene rings is 2. The fourth-order valence-corrected chi connectivity index (χ4v) is 2.98. The number of fused-ring (bicyclic) bond motifs is 1. The molecule has 2 aromatic carbocycles. The van der Waals surface area contributed by atoms with E-state index < -0.39 is 12.1 Å². The van der Waals surface area contributed by atoms with Crippen molar-refractivity contribution >= 4 is 23.3 Å². The Hall–Kier alpha value is -2.82. The number of nitrogens with zero attached hydrogens (tertiary/aromatic N) is 2. The standard InChI is InChI=1S/C20H22N2O3/c1-14(19(23)22-12-11-15-7-4-5-10-18(15)22)25-20(24)16-8-6-9-17(13-16)21(2)3/h4-10,13-14H,11-12H2,1-3H3. The fourth-order valence-electron chi connectivity index (χ4n) is 2.98. The molecule has 1 atom stereocenters. The van der Waals surface area contributed by atoms with Crippen LogP contribution < -0.4 is 9.80 Å². The first-order chi connectivity index (χ1) is 12.0. The number of ether oxygens (including phenoxy) is 1. The van der Waals surface area contributed by atoms with Gasteiger partial charge in [-0.25, -0.2) is 4.79 Å². The summed E-state index contributed by atoms with van der Waals surface area (Å²) in [5.74, 6) is -0.681. The van der Waals surface area contributed by atoms with Gasteiger partial charge in [-0.3, -0.25) is 4.79 Å². The van der Waals surface area contributed by atoms with Crippen molar-refractivity contribution in [3.05, 3.63) is 59.7 Å². The number of para-hydroxylation sites is 1. The minimum atomic E-state index is -0.832. The van der Waals surface area contributed by atoms with E-state index in [-0.39, 0.29) is 5.91 Å². The average molecular weight is 338 g/mol. The second kappa shape index (κ2) is 6.97. The first kappa shape index (κ1) is 17.0. The highest BCUT2D eigenvalue weighted by atomic mass is 16.5. The van der Waals surface area contributed by atoms with E-state index in [1.165, 1.54) is 0 Å². The van der Waals surface area contributed by atoms with Gasteiger partial charge in [0.15, 0.2) is 6.10 Å². The van der Waals surface area contributed by atoms with Gasteiger partial charge < -0.3 is 14.5 Å². The van der Waals surface area contributed by atoms with Crippen LogP contribution in [-0.2, 0) is 16.0 Å². The van der Waals surface area contributed by atoms with Crippen molar-refractivity contribution < 1.29 is 14.3 Å². The Balaban J connectivity index is 1.70. The van der Waals surface area contributed by atoms with Crippen molar-refractivity contribution in [3.63, 3.8) is 0 Å². The van der Waals surface area contributed by atoms with Gasteiger partial charge in [0, 0.05) is 32.0 Å². The van der Waals surface area contributed by atoms with E-state index in [0.717, 1.165) is 23.4 Å². The summed E-state index contributed by atoms with van der Waals surface area (Å²) >= 11 is 0. The van der Waals surface area contributed by atoms with Gasteiger partial charge in [0.1, 0.15) is 0 Å². The third-order valence-corrected chi connectivity index (χ3v) is 4.38. The normalized spacial score (nSPS) is 14.0. The molecule has 1 aliphatic rings. The second-order valence-corrected chi connectivity index (χ2v) is 6.36. The highest BCUT2D eigenvalue weighted by Crippen LogP contribution is 2.28. The zero-order chi connectivity index (χ0) is 18.0. The third-order valence-electron chi connectivity index (χ3n) is 4.38. The molecule has 0 saturated heterocycles. The monoisotopic (exact) mass is 338 g/mol. The van der Waals surface area contributed by atoms with Crippen LogP contribution in [0.1, 0.15) is 22.8 Å². The van der Waals surface area contributed by atoms with E-state index in [1.54, 1.807) is 30.0 Å². The molecule has 0 spiro atoms. The zero-order valence-electron chi connectivity index (χ0n) is 14.7. The lowest BCUT2D eigenvalue weighted by molar-refractivity contribution is -0.126. The van der Waals surface area contributed by atoms with Gasteiger partial charge in [-0.2, -0.15) is 0 Å². The summed E-state index contributed by atoms with van der Waals surface area (Å²) in [6, 6.07) is 15.0. The maximum Gasteiger partial charge on any atom is 0.338 e. The highest BCUT2D eigenvalue weighted by Gasteiger charge is 2.29. The van der Waals surface area contributed by atoms with Gasteiger partial charge in [0.25, 0.3) is 5.91 Å². The molecular weight excluding hydrogens is 316 g/mol. The summed E-state index contributed by atoms with van der Waals surface area (Å²) < 4.78 is 5.41. The summed E-state index contributed by atoms with van der Waals surface area (Å²) in [5, 5.41) is 0. The quantitative estimate of drug-likeness (QED) is 0.805. The first-order valence-electron chi connectivity index (χ1n) is 8.35. The topological polar surface area (TPSA) is 49.9 Å². The van der Waals surface area contributed by atoms with Crippen molar-refractivity contribution in [2.75, 3.05) is 30.4 Å². The number of carbonyl (C=O) groups is 2. The number of hydrogen-bond donors (Lipinski definition) is 0. The van der Waals surface area contributed by atoms with E-state index in [0.29, 0.717) is 12.1 Å².